The molecule has 0 aliphatic heterocycles. The standard InChI is InChI=1S/C17H10BrF6NO2SSe/c1-9-2-5-11(6-3-9)28(26,27)25-13-7-4-10(16(19,20)21)8-12(13)14(15(25)18)29-17(22,23)24/h2-8H,1H3. The molecule has 0 bridgehead atoms. The Kier molecular flexibility index (Phi) is 5.61. The zero-order valence-electron chi connectivity index (χ0n) is 14.3. The Hall–Kier alpha value is -1.49. The molecule has 0 spiro atoms. The van der Waals surface area contributed by atoms with E-state index in [1.54, 1.807) is 6.92 Å². The SMILES string of the molecule is Cc1ccc(S(=O)(=O)n2c(Br)c([Se]C(F)(F)F)c3cc(C(F)(F)F)ccc32)cc1. The molecule has 0 atom stereocenters. The van der Waals surface area contributed by atoms with E-state index < -0.39 is 56.2 Å². The van der Waals surface area contributed by atoms with Gasteiger partial charge in [-0.25, -0.2) is 0 Å². The summed E-state index contributed by atoms with van der Waals surface area (Å²) in [5.41, 5.74) is -0.676. The molecule has 3 nitrogen and oxygen atoms in total. The van der Waals surface area contributed by atoms with Gasteiger partial charge >= 0.3 is 176 Å². The van der Waals surface area contributed by atoms with E-state index in [1.165, 1.54) is 24.3 Å². The first-order valence-corrected chi connectivity index (χ1v) is 11.7. The van der Waals surface area contributed by atoms with Crippen LogP contribution in [0.4, 0.5) is 26.3 Å². The second-order valence-corrected chi connectivity index (χ2v) is 10.8. The molecule has 0 unspecified atom stereocenters. The molecule has 156 valence electrons. The minimum atomic E-state index is -4.79. The van der Waals surface area contributed by atoms with E-state index in [1.807, 2.05) is 0 Å². The Morgan fingerprint density at radius 2 is 1.55 bits per heavy atom. The van der Waals surface area contributed by atoms with Crippen LogP contribution in [-0.2, 0) is 16.2 Å². The van der Waals surface area contributed by atoms with E-state index in [9.17, 15) is 34.8 Å². The fourth-order valence-electron chi connectivity index (χ4n) is 2.64. The third kappa shape index (κ3) is 4.35. The number of halogens is 7. The van der Waals surface area contributed by atoms with Gasteiger partial charge in [0.25, 0.3) is 0 Å². The van der Waals surface area contributed by atoms with Crippen molar-refractivity contribution in [1.29, 1.82) is 0 Å². The van der Waals surface area contributed by atoms with Gasteiger partial charge in [0.05, 0.1) is 0 Å². The van der Waals surface area contributed by atoms with Gasteiger partial charge in [-0.1, -0.05) is 0 Å². The van der Waals surface area contributed by atoms with Crippen LogP contribution < -0.4 is 4.46 Å². The van der Waals surface area contributed by atoms with Crippen molar-refractivity contribution in [2.45, 2.75) is 23.1 Å². The van der Waals surface area contributed by atoms with Crippen LogP contribution in [-0.4, -0.2) is 32.4 Å². The second kappa shape index (κ2) is 7.33. The summed E-state index contributed by atoms with van der Waals surface area (Å²) in [5, 5.41) is -5.11. The summed E-state index contributed by atoms with van der Waals surface area (Å²) in [6.45, 7) is 1.72. The van der Waals surface area contributed by atoms with Gasteiger partial charge in [0.15, 0.2) is 0 Å². The molecule has 0 radical (unpaired) electrons. The summed E-state index contributed by atoms with van der Waals surface area (Å²) < 4.78 is 104. The Morgan fingerprint density at radius 3 is 2.07 bits per heavy atom. The minimum absolute atomic E-state index is 0.202. The molecule has 0 amide bonds. The van der Waals surface area contributed by atoms with Crippen molar-refractivity contribution in [3.63, 3.8) is 0 Å². The van der Waals surface area contributed by atoms with E-state index in [2.05, 4.69) is 15.9 Å². The number of hydrogen-bond acceptors (Lipinski definition) is 2. The van der Waals surface area contributed by atoms with Crippen LogP contribution in [0.25, 0.3) is 10.9 Å². The van der Waals surface area contributed by atoms with E-state index >= 15 is 0 Å². The maximum atomic E-state index is 13.1. The number of aryl methyl sites for hydroxylation is 1. The van der Waals surface area contributed by atoms with Gasteiger partial charge in [0.1, 0.15) is 0 Å². The topological polar surface area (TPSA) is 39.1 Å². The van der Waals surface area contributed by atoms with Crippen molar-refractivity contribution in [2.75, 3.05) is 0 Å². The zero-order chi connectivity index (χ0) is 21.8. The van der Waals surface area contributed by atoms with E-state index in [4.69, 9.17) is 0 Å². The number of alkyl halides is 6. The molecule has 0 aliphatic rings. The first-order chi connectivity index (χ1) is 13.2. The van der Waals surface area contributed by atoms with E-state index in [-0.39, 0.29) is 10.4 Å². The molecular weight excluding hydrogens is 555 g/mol. The summed E-state index contributed by atoms with van der Waals surface area (Å²) in [4.78, 5) is -0.202. The Balaban J connectivity index is 2.35. The molecular formula is C17H10BrF6NO2SSe. The molecule has 0 N–H and O–H groups in total. The van der Waals surface area contributed by atoms with E-state index in [0.717, 1.165) is 11.6 Å². The molecule has 29 heavy (non-hydrogen) atoms. The summed E-state index contributed by atoms with van der Waals surface area (Å²) in [6, 6.07) is 7.63. The van der Waals surface area contributed by atoms with Gasteiger partial charge in [-0.15, -0.1) is 0 Å². The van der Waals surface area contributed by atoms with Gasteiger partial charge in [0.2, 0.25) is 0 Å². The fraction of sp³-hybridized carbons (Fsp3) is 0.176. The van der Waals surface area contributed by atoms with Crippen LogP contribution in [0.2, 0.25) is 0 Å². The van der Waals surface area contributed by atoms with Crippen LogP contribution in [0.5, 0.6) is 0 Å². The van der Waals surface area contributed by atoms with E-state index in [0.29, 0.717) is 16.1 Å². The van der Waals surface area contributed by atoms with Crippen LogP contribution in [0.3, 0.4) is 0 Å². The van der Waals surface area contributed by atoms with Crippen LogP contribution in [0, 0.1) is 6.92 Å². The molecule has 0 aliphatic carbocycles. The third-order valence-corrected chi connectivity index (χ3v) is 9.02. The van der Waals surface area contributed by atoms with Crippen molar-refractivity contribution in [3.05, 3.63) is 58.2 Å². The summed E-state index contributed by atoms with van der Waals surface area (Å²) in [5.74, 6) is 0. The number of fused-ring (bicyclic) bond motifs is 1. The molecule has 0 saturated carbocycles. The molecule has 2 aromatic carbocycles. The average Bonchev–Trinajstić information content (AvgIpc) is 2.85. The Labute approximate surface area is 176 Å². The van der Waals surface area contributed by atoms with Crippen LogP contribution in [0.1, 0.15) is 11.1 Å². The molecule has 1 heterocycles. The van der Waals surface area contributed by atoms with Crippen molar-refractivity contribution in [2.24, 2.45) is 0 Å². The molecule has 3 aromatic rings. The monoisotopic (exact) mass is 565 g/mol. The van der Waals surface area contributed by atoms with Crippen molar-refractivity contribution in [3.8, 4) is 0 Å². The van der Waals surface area contributed by atoms with Crippen LogP contribution >= 0.6 is 15.9 Å². The molecule has 3 rings (SSSR count). The van der Waals surface area contributed by atoms with Crippen molar-refractivity contribution < 1.29 is 34.8 Å². The first-order valence-electron chi connectivity index (χ1n) is 7.71. The molecule has 0 fully saturated rings. The number of aromatic nitrogens is 1. The fourth-order valence-corrected chi connectivity index (χ4v) is 7.01. The van der Waals surface area contributed by atoms with Gasteiger partial charge in [-0.05, 0) is 0 Å². The predicted octanol–water partition coefficient (Wildman–Crippen LogP) is 4.82. The molecule has 0 saturated heterocycles. The Bertz CT molecular complexity index is 1180. The molecule has 1 aromatic heterocycles. The third-order valence-electron chi connectivity index (χ3n) is 3.93. The van der Waals surface area contributed by atoms with Gasteiger partial charge in [0, 0.05) is 0 Å². The van der Waals surface area contributed by atoms with Gasteiger partial charge in [-0.2, -0.15) is 0 Å². The Morgan fingerprint density at radius 1 is 0.966 bits per heavy atom. The number of nitrogens with zero attached hydrogens (tertiary/aromatic N) is 1. The van der Waals surface area contributed by atoms with Gasteiger partial charge < -0.3 is 0 Å². The number of benzene rings is 2. The predicted molar refractivity (Wildman–Crippen MR) is 99.8 cm³/mol. The van der Waals surface area contributed by atoms with Gasteiger partial charge in [-0.3, -0.25) is 0 Å². The molecule has 12 heteroatoms. The quantitative estimate of drug-likeness (QED) is 0.338. The number of rotatable bonds is 3. The normalized spacial score (nSPS) is 13.2. The average molecular weight is 565 g/mol. The number of hydrogen-bond donors (Lipinski definition) is 0. The first kappa shape index (κ1) is 22.2. The van der Waals surface area contributed by atoms with Crippen molar-refractivity contribution in [1.82, 2.24) is 3.97 Å². The summed E-state index contributed by atoms with van der Waals surface area (Å²) >= 11 is 0.613. The second-order valence-electron chi connectivity index (χ2n) is 5.98. The zero-order valence-corrected chi connectivity index (χ0v) is 18.4. The summed E-state index contributed by atoms with van der Waals surface area (Å²) in [7, 11) is -4.36. The van der Waals surface area contributed by atoms with Crippen molar-refractivity contribution >= 4 is 56.3 Å². The van der Waals surface area contributed by atoms with Crippen LogP contribution in [0.15, 0.2) is 52.0 Å². The maximum absolute atomic E-state index is 13.1. The summed E-state index contributed by atoms with van der Waals surface area (Å²) in [6.07, 6.45) is -4.79.